The van der Waals surface area contributed by atoms with Crippen molar-refractivity contribution in [1.82, 2.24) is 5.32 Å². The summed E-state index contributed by atoms with van der Waals surface area (Å²) in [6.07, 6.45) is 1.83. The van der Waals surface area contributed by atoms with E-state index in [1.165, 1.54) is 25.3 Å². The van der Waals surface area contributed by atoms with Gasteiger partial charge in [-0.1, -0.05) is 6.07 Å². The van der Waals surface area contributed by atoms with E-state index in [0.29, 0.717) is 5.56 Å². The second-order valence-corrected chi connectivity index (χ2v) is 4.50. The molecule has 0 aliphatic heterocycles. The van der Waals surface area contributed by atoms with Crippen LogP contribution in [0.5, 0.6) is 11.5 Å². The summed E-state index contributed by atoms with van der Waals surface area (Å²) < 4.78 is 33.9. The highest BCUT2D eigenvalue weighted by Gasteiger charge is 2.30. The van der Waals surface area contributed by atoms with Crippen LogP contribution in [0.3, 0.4) is 0 Å². The van der Waals surface area contributed by atoms with E-state index in [1.54, 1.807) is 0 Å². The van der Waals surface area contributed by atoms with E-state index in [-0.39, 0.29) is 17.5 Å². The van der Waals surface area contributed by atoms with Gasteiger partial charge in [-0.15, -0.1) is 0 Å². The Balaban J connectivity index is 2.26. The fourth-order valence-corrected chi connectivity index (χ4v) is 1.86. The monoisotopic (exact) mass is 287 g/mol. The molecule has 1 aromatic carbocycles. The van der Waals surface area contributed by atoms with Gasteiger partial charge in [0.15, 0.2) is 11.5 Å². The number of aliphatic carboxylic acids is 1. The van der Waals surface area contributed by atoms with Crippen molar-refractivity contribution in [3.05, 3.63) is 23.8 Å². The van der Waals surface area contributed by atoms with Gasteiger partial charge >= 0.3 is 12.6 Å². The van der Waals surface area contributed by atoms with Crippen molar-refractivity contribution in [2.45, 2.75) is 31.5 Å². The minimum atomic E-state index is -3.00. The summed E-state index contributed by atoms with van der Waals surface area (Å²) in [7, 11) is 1.32. The maximum atomic E-state index is 12.3. The van der Waals surface area contributed by atoms with Gasteiger partial charge in [-0.2, -0.15) is 8.78 Å². The van der Waals surface area contributed by atoms with Crippen LogP contribution in [-0.4, -0.2) is 30.8 Å². The minimum absolute atomic E-state index is 0.129. The SMILES string of the molecule is COc1ccc(C(NC2CC2)C(=O)O)cc1OC(F)F. The third-order valence-corrected chi connectivity index (χ3v) is 2.96. The van der Waals surface area contributed by atoms with E-state index in [1.807, 2.05) is 0 Å². The van der Waals surface area contributed by atoms with Crippen molar-refractivity contribution < 1.29 is 28.2 Å². The molecule has 1 aliphatic rings. The van der Waals surface area contributed by atoms with Crippen LogP contribution in [0.4, 0.5) is 8.78 Å². The highest BCUT2D eigenvalue weighted by Crippen LogP contribution is 2.33. The Hall–Kier alpha value is -1.89. The van der Waals surface area contributed by atoms with Crippen molar-refractivity contribution in [3.63, 3.8) is 0 Å². The Morgan fingerprint density at radius 1 is 1.40 bits per heavy atom. The number of hydrogen-bond acceptors (Lipinski definition) is 4. The van der Waals surface area contributed by atoms with Crippen molar-refractivity contribution in [1.29, 1.82) is 0 Å². The number of hydrogen-bond donors (Lipinski definition) is 2. The van der Waals surface area contributed by atoms with E-state index in [0.717, 1.165) is 12.8 Å². The van der Waals surface area contributed by atoms with Crippen LogP contribution >= 0.6 is 0 Å². The number of carboxylic acids is 1. The van der Waals surface area contributed by atoms with E-state index in [2.05, 4.69) is 10.1 Å². The first kappa shape index (κ1) is 14.5. The maximum Gasteiger partial charge on any atom is 0.387 e. The molecule has 2 rings (SSSR count). The van der Waals surface area contributed by atoms with Gasteiger partial charge in [0.1, 0.15) is 6.04 Å². The molecule has 0 aromatic heterocycles. The molecular weight excluding hydrogens is 272 g/mol. The molecule has 1 aromatic rings. The van der Waals surface area contributed by atoms with Gasteiger partial charge in [-0.05, 0) is 30.5 Å². The molecule has 5 nitrogen and oxygen atoms in total. The first-order valence-electron chi connectivity index (χ1n) is 6.13. The summed E-state index contributed by atoms with van der Waals surface area (Å²) in [5.41, 5.74) is 0.348. The molecule has 20 heavy (non-hydrogen) atoms. The first-order chi connectivity index (χ1) is 9.51. The molecule has 0 spiro atoms. The van der Waals surface area contributed by atoms with E-state index in [9.17, 15) is 18.7 Å². The summed E-state index contributed by atoms with van der Waals surface area (Å²) in [5, 5.41) is 12.2. The van der Waals surface area contributed by atoms with E-state index >= 15 is 0 Å². The lowest BCUT2D eigenvalue weighted by Crippen LogP contribution is -2.30. The smallest absolute Gasteiger partial charge is 0.387 e. The van der Waals surface area contributed by atoms with Crippen LogP contribution in [0.1, 0.15) is 24.4 Å². The minimum Gasteiger partial charge on any atom is -0.493 e. The van der Waals surface area contributed by atoms with Crippen molar-refractivity contribution in [2.24, 2.45) is 0 Å². The molecular formula is C13H15F2NO4. The molecule has 0 heterocycles. The molecule has 7 heteroatoms. The summed E-state index contributed by atoms with van der Waals surface area (Å²) in [6, 6.07) is 3.41. The number of benzene rings is 1. The van der Waals surface area contributed by atoms with Crippen LogP contribution in [0, 0.1) is 0 Å². The van der Waals surface area contributed by atoms with Crippen LogP contribution in [-0.2, 0) is 4.79 Å². The van der Waals surface area contributed by atoms with Gasteiger partial charge in [0.05, 0.1) is 7.11 Å². The fourth-order valence-electron chi connectivity index (χ4n) is 1.86. The Morgan fingerprint density at radius 2 is 2.10 bits per heavy atom. The van der Waals surface area contributed by atoms with Crippen molar-refractivity contribution in [2.75, 3.05) is 7.11 Å². The molecule has 0 saturated heterocycles. The largest absolute Gasteiger partial charge is 0.493 e. The Morgan fingerprint density at radius 3 is 2.60 bits per heavy atom. The lowest BCUT2D eigenvalue weighted by Gasteiger charge is -2.17. The molecule has 2 N–H and O–H groups in total. The topological polar surface area (TPSA) is 67.8 Å². The average Bonchev–Trinajstić information content (AvgIpc) is 3.18. The van der Waals surface area contributed by atoms with Gasteiger partial charge in [-0.3, -0.25) is 10.1 Å². The van der Waals surface area contributed by atoms with Gasteiger partial charge in [0, 0.05) is 6.04 Å². The highest BCUT2D eigenvalue weighted by atomic mass is 19.3. The third kappa shape index (κ3) is 3.57. The fraction of sp³-hybridized carbons (Fsp3) is 0.462. The number of nitrogens with one attached hydrogen (secondary N) is 1. The van der Waals surface area contributed by atoms with E-state index in [4.69, 9.17) is 4.74 Å². The Labute approximate surface area is 114 Å². The third-order valence-electron chi connectivity index (χ3n) is 2.96. The van der Waals surface area contributed by atoms with Gasteiger partial charge in [0.25, 0.3) is 0 Å². The number of halogens is 2. The van der Waals surface area contributed by atoms with E-state index < -0.39 is 18.6 Å². The molecule has 0 radical (unpaired) electrons. The molecule has 0 bridgehead atoms. The number of methoxy groups -OCH3 is 1. The van der Waals surface area contributed by atoms with Gasteiger partial charge in [-0.25, -0.2) is 0 Å². The number of carboxylic acid groups (broad SMARTS) is 1. The molecule has 0 amide bonds. The normalized spacial score (nSPS) is 16.0. The molecule has 110 valence electrons. The molecule has 1 fully saturated rings. The zero-order valence-corrected chi connectivity index (χ0v) is 10.8. The average molecular weight is 287 g/mol. The lowest BCUT2D eigenvalue weighted by molar-refractivity contribution is -0.139. The first-order valence-corrected chi connectivity index (χ1v) is 6.13. The predicted octanol–water partition coefficient (Wildman–Crippen LogP) is 2.17. The summed E-state index contributed by atoms with van der Waals surface area (Å²) >= 11 is 0. The number of carbonyl (C=O) groups is 1. The number of alkyl halides is 2. The van der Waals surface area contributed by atoms with Gasteiger partial charge in [0.2, 0.25) is 0 Å². The molecule has 1 unspecified atom stereocenters. The number of rotatable bonds is 7. The Kier molecular flexibility index (Phi) is 4.39. The summed E-state index contributed by atoms with van der Waals surface area (Å²) in [6.45, 7) is -3.00. The predicted molar refractivity (Wildman–Crippen MR) is 66.2 cm³/mol. The van der Waals surface area contributed by atoms with Crippen LogP contribution < -0.4 is 14.8 Å². The lowest BCUT2D eigenvalue weighted by atomic mass is 10.1. The van der Waals surface area contributed by atoms with Gasteiger partial charge < -0.3 is 14.6 Å². The standard InChI is InChI=1S/C13H15F2NO4/c1-19-9-5-2-7(6-10(9)20-13(14)15)11(12(17)18)16-8-3-4-8/h2,5-6,8,11,13,16H,3-4H2,1H3,(H,17,18). The second kappa shape index (κ2) is 6.04. The molecule has 1 saturated carbocycles. The van der Waals surface area contributed by atoms with Crippen molar-refractivity contribution in [3.8, 4) is 11.5 Å². The Bertz CT molecular complexity index is 491. The molecule has 1 aliphatic carbocycles. The zero-order valence-electron chi connectivity index (χ0n) is 10.8. The second-order valence-electron chi connectivity index (χ2n) is 4.50. The molecule has 1 atom stereocenters. The zero-order chi connectivity index (χ0) is 14.7. The summed E-state index contributed by atoms with van der Waals surface area (Å²) in [4.78, 5) is 11.3. The maximum absolute atomic E-state index is 12.3. The van der Waals surface area contributed by atoms with Crippen molar-refractivity contribution >= 4 is 5.97 Å². The number of ether oxygens (including phenoxy) is 2. The van der Waals surface area contributed by atoms with Crippen LogP contribution in [0.25, 0.3) is 0 Å². The summed E-state index contributed by atoms with van der Waals surface area (Å²) in [5.74, 6) is -1.11. The quantitative estimate of drug-likeness (QED) is 0.804. The van der Waals surface area contributed by atoms with Crippen LogP contribution in [0.15, 0.2) is 18.2 Å². The highest BCUT2D eigenvalue weighted by molar-refractivity contribution is 5.76. The van der Waals surface area contributed by atoms with Crippen LogP contribution in [0.2, 0.25) is 0 Å².